The molecule has 0 spiro atoms. The van der Waals surface area contributed by atoms with E-state index in [1.165, 1.54) is 4.90 Å². The van der Waals surface area contributed by atoms with Crippen LogP contribution in [0.4, 0.5) is 4.79 Å². The minimum Gasteiger partial charge on any atom is -0.443 e. The lowest BCUT2D eigenvalue weighted by Crippen LogP contribution is -2.38. The topological polar surface area (TPSA) is 46.6 Å². The first-order valence-electron chi connectivity index (χ1n) is 8.40. The Kier molecular flexibility index (Phi) is 5.45. The Labute approximate surface area is 138 Å². The van der Waals surface area contributed by atoms with E-state index in [9.17, 15) is 9.59 Å². The molecule has 1 saturated heterocycles. The normalized spacial score (nSPS) is 21.6. The van der Waals surface area contributed by atoms with Crippen LogP contribution in [0.3, 0.4) is 0 Å². The number of carbonyl (C=O) groups excluding carboxylic acids is 2. The van der Waals surface area contributed by atoms with E-state index >= 15 is 0 Å². The highest BCUT2D eigenvalue weighted by Gasteiger charge is 2.43. The van der Waals surface area contributed by atoms with Gasteiger partial charge >= 0.3 is 6.09 Å². The zero-order valence-corrected chi connectivity index (χ0v) is 14.5. The first kappa shape index (κ1) is 17.5. The van der Waals surface area contributed by atoms with Gasteiger partial charge in [-0.15, -0.1) is 0 Å². The molecule has 0 aromatic heterocycles. The zero-order chi connectivity index (χ0) is 17.0. The van der Waals surface area contributed by atoms with Crippen LogP contribution in [-0.2, 0) is 16.0 Å². The number of amides is 2. The summed E-state index contributed by atoms with van der Waals surface area (Å²) in [6.45, 7) is 8.03. The second-order valence-electron chi connectivity index (χ2n) is 7.27. The Morgan fingerprint density at radius 3 is 2.48 bits per heavy atom. The fourth-order valence-corrected chi connectivity index (χ4v) is 3.12. The van der Waals surface area contributed by atoms with Gasteiger partial charge in [0.05, 0.1) is 0 Å². The summed E-state index contributed by atoms with van der Waals surface area (Å²) in [5, 5.41) is 0. The molecule has 0 bridgehead atoms. The lowest BCUT2D eigenvalue weighted by atomic mass is 9.86. The smallest absolute Gasteiger partial charge is 0.417 e. The first-order valence-corrected chi connectivity index (χ1v) is 8.40. The standard InChI is InChI=1S/C19H27NO3/c1-5-9-15-13-20(18(22)23-19(2,3)4)17(21)16(15)12-14-10-7-6-8-11-14/h6-8,10-11,15-16H,5,9,12-13H2,1-4H3. The number of nitrogens with zero attached hydrogens (tertiary/aromatic N) is 1. The van der Waals surface area contributed by atoms with Gasteiger partial charge in [0.2, 0.25) is 5.91 Å². The van der Waals surface area contributed by atoms with Gasteiger partial charge in [-0.1, -0.05) is 43.7 Å². The summed E-state index contributed by atoms with van der Waals surface area (Å²) in [5.74, 6) is -0.0216. The summed E-state index contributed by atoms with van der Waals surface area (Å²) in [5.41, 5.74) is 0.549. The SMILES string of the molecule is CCCC1CN(C(=O)OC(C)(C)C)C(=O)C1Cc1ccccc1. The molecule has 1 aliphatic rings. The molecule has 1 fully saturated rings. The van der Waals surface area contributed by atoms with Crippen molar-refractivity contribution in [1.29, 1.82) is 0 Å². The molecule has 0 saturated carbocycles. The van der Waals surface area contributed by atoms with Crippen LogP contribution in [0.5, 0.6) is 0 Å². The van der Waals surface area contributed by atoms with Gasteiger partial charge in [0.15, 0.2) is 0 Å². The molecule has 4 nitrogen and oxygen atoms in total. The Balaban J connectivity index is 2.13. The molecule has 1 aromatic carbocycles. The quantitative estimate of drug-likeness (QED) is 0.842. The van der Waals surface area contributed by atoms with E-state index in [0.717, 1.165) is 18.4 Å². The van der Waals surface area contributed by atoms with Crippen LogP contribution in [-0.4, -0.2) is 29.0 Å². The minimum absolute atomic E-state index is 0.0958. The molecule has 126 valence electrons. The van der Waals surface area contributed by atoms with Crippen molar-refractivity contribution < 1.29 is 14.3 Å². The Morgan fingerprint density at radius 1 is 1.26 bits per heavy atom. The van der Waals surface area contributed by atoms with Gasteiger partial charge in [0, 0.05) is 12.5 Å². The number of rotatable bonds is 4. The molecule has 4 heteroatoms. The van der Waals surface area contributed by atoms with Crippen molar-refractivity contribution in [3.05, 3.63) is 35.9 Å². The Hall–Kier alpha value is -1.84. The van der Waals surface area contributed by atoms with Crippen LogP contribution in [0.2, 0.25) is 0 Å². The van der Waals surface area contributed by atoms with E-state index in [-0.39, 0.29) is 17.7 Å². The van der Waals surface area contributed by atoms with E-state index < -0.39 is 11.7 Å². The third kappa shape index (κ3) is 4.57. The summed E-state index contributed by atoms with van der Waals surface area (Å²) < 4.78 is 5.38. The lowest BCUT2D eigenvalue weighted by molar-refractivity contribution is -0.130. The van der Waals surface area contributed by atoms with Gasteiger partial charge in [0.25, 0.3) is 0 Å². The van der Waals surface area contributed by atoms with Crippen LogP contribution in [0.1, 0.15) is 46.1 Å². The molecular formula is C19H27NO3. The Bertz CT molecular complexity index is 547. The maximum Gasteiger partial charge on any atom is 0.417 e. The van der Waals surface area contributed by atoms with Crippen molar-refractivity contribution in [2.75, 3.05) is 6.54 Å². The lowest BCUT2D eigenvalue weighted by Gasteiger charge is -2.23. The molecular weight excluding hydrogens is 290 g/mol. The zero-order valence-electron chi connectivity index (χ0n) is 14.5. The van der Waals surface area contributed by atoms with Crippen LogP contribution < -0.4 is 0 Å². The maximum absolute atomic E-state index is 12.7. The fourth-order valence-electron chi connectivity index (χ4n) is 3.12. The molecule has 1 aromatic rings. The van der Waals surface area contributed by atoms with E-state index in [1.807, 2.05) is 51.1 Å². The maximum atomic E-state index is 12.7. The predicted octanol–water partition coefficient (Wildman–Crippen LogP) is 4.04. The number of hydrogen-bond donors (Lipinski definition) is 0. The van der Waals surface area contributed by atoms with Crippen molar-refractivity contribution in [3.8, 4) is 0 Å². The van der Waals surface area contributed by atoms with Gasteiger partial charge in [-0.2, -0.15) is 0 Å². The third-order valence-corrected chi connectivity index (χ3v) is 4.14. The minimum atomic E-state index is -0.588. The number of imide groups is 1. The number of benzene rings is 1. The third-order valence-electron chi connectivity index (χ3n) is 4.14. The van der Waals surface area contributed by atoms with Crippen molar-refractivity contribution in [1.82, 2.24) is 4.90 Å². The van der Waals surface area contributed by atoms with Crippen LogP contribution in [0, 0.1) is 11.8 Å². The molecule has 23 heavy (non-hydrogen) atoms. The predicted molar refractivity (Wildman–Crippen MR) is 90.0 cm³/mol. The highest BCUT2D eigenvalue weighted by atomic mass is 16.6. The van der Waals surface area contributed by atoms with Crippen LogP contribution >= 0.6 is 0 Å². The van der Waals surface area contributed by atoms with Gasteiger partial charge in [0.1, 0.15) is 5.60 Å². The molecule has 1 heterocycles. The second kappa shape index (κ2) is 7.16. The van der Waals surface area contributed by atoms with Gasteiger partial charge < -0.3 is 4.74 Å². The van der Waals surface area contributed by atoms with Crippen molar-refractivity contribution in [2.45, 2.75) is 52.6 Å². The van der Waals surface area contributed by atoms with Crippen molar-refractivity contribution in [3.63, 3.8) is 0 Å². The number of likely N-dealkylation sites (tertiary alicyclic amines) is 1. The fraction of sp³-hybridized carbons (Fsp3) is 0.579. The van der Waals surface area contributed by atoms with E-state index in [0.29, 0.717) is 13.0 Å². The van der Waals surface area contributed by atoms with E-state index in [4.69, 9.17) is 4.74 Å². The van der Waals surface area contributed by atoms with Crippen LogP contribution in [0.15, 0.2) is 30.3 Å². The highest BCUT2D eigenvalue weighted by molar-refractivity contribution is 5.95. The number of ether oxygens (including phenoxy) is 1. The average molecular weight is 317 g/mol. The molecule has 2 rings (SSSR count). The van der Waals surface area contributed by atoms with Gasteiger partial charge in [-0.3, -0.25) is 4.79 Å². The highest BCUT2D eigenvalue weighted by Crippen LogP contribution is 2.32. The van der Waals surface area contributed by atoms with E-state index in [1.54, 1.807) is 0 Å². The first-order chi connectivity index (χ1) is 10.8. The monoisotopic (exact) mass is 317 g/mol. The van der Waals surface area contributed by atoms with Crippen molar-refractivity contribution >= 4 is 12.0 Å². The molecule has 2 unspecified atom stereocenters. The Morgan fingerprint density at radius 2 is 1.91 bits per heavy atom. The number of hydrogen-bond acceptors (Lipinski definition) is 3. The second-order valence-corrected chi connectivity index (χ2v) is 7.27. The summed E-state index contributed by atoms with van der Waals surface area (Å²) in [6.07, 6.45) is 2.12. The molecule has 0 aliphatic carbocycles. The van der Waals surface area contributed by atoms with Gasteiger partial charge in [-0.05, 0) is 45.1 Å². The van der Waals surface area contributed by atoms with E-state index in [2.05, 4.69) is 6.92 Å². The van der Waals surface area contributed by atoms with Crippen LogP contribution in [0.25, 0.3) is 0 Å². The summed E-state index contributed by atoms with van der Waals surface area (Å²) >= 11 is 0. The molecule has 2 atom stereocenters. The molecule has 0 radical (unpaired) electrons. The number of carbonyl (C=O) groups is 2. The molecule has 0 N–H and O–H groups in total. The summed E-state index contributed by atoms with van der Waals surface area (Å²) in [4.78, 5) is 26.4. The molecule has 1 aliphatic heterocycles. The summed E-state index contributed by atoms with van der Waals surface area (Å²) in [6, 6.07) is 10.00. The molecule has 2 amide bonds. The van der Waals surface area contributed by atoms with Gasteiger partial charge in [-0.25, -0.2) is 9.69 Å². The summed E-state index contributed by atoms with van der Waals surface area (Å²) in [7, 11) is 0. The average Bonchev–Trinajstić information content (AvgIpc) is 2.76. The largest absolute Gasteiger partial charge is 0.443 e. The van der Waals surface area contributed by atoms with Crippen molar-refractivity contribution in [2.24, 2.45) is 11.8 Å².